The molecule has 0 aliphatic heterocycles. The largest absolute Gasteiger partial charge is 0.357 e. The fraction of sp³-hybridized carbons (Fsp3) is 0.231. The van der Waals surface area contributed by atoms with E-state index in [1.54, 1.807) is 56.3 Å². The lowest BCUT2D eigenvalue weighted by Crippen LogP contribution is -2.50. The highest BCUT2D eigenvalue weighted by Gasteiger charge is 2.32. The molecule has 7 nitrogen and oxygen atoms in total. The van der Waals surface area contributed by atoms with Gasteiger partial charge in [0.15, 0.2) is 0 Å². The molecule has 0 radical (unpaired) electrons. The average molecular weight is 558 g/mol. The molecule has 1 atom stereocenters. The molecular weight excluding hydrogens is 530 g/mol. The zero-order chi connectivity index (χ0) is 25.6. The predicted octanol–water partition coefficient (Wildman–Crippen LogP) is 4.12. The van der Waals surface area contributed by atoms with Gasteiger partial charge in [0.25, 0.3) is 10.0 Å². The first-order valence-electron chi connectivity index (χ1n) is 11.0. The summed E-state index contributed by atoms with van der Waals surface area (Å²) in [6.07, 6.45) is 0. The maximum absolute atomic E-state index is 13.7. The molecule has 0 saturated carbocycles. The van der Waals surface area contributed by atoms with E-state index in [-0.39, 0.29) is 17.3 Å². The second-order valence-electron chi connectivity index (χ2n) is 8.05. The van der Waals surface area contributed by atoms with Gasteiger partial charge in [-0.15, -0.1) is 0 Å². The van der Waals surface area contributed by atoms with Crippen LogP contribution < -0.4 is 9.62 Å². The number of hydrogen-bond donors (Lipinski definition) is 1. The van der Waals surface area contributed by atoms with Crippen molar-refractivity contribution >= 4 is 43.5 Å². The van der Waals surface area contributed by atoms with Gasteiger partial charge in [0.1, 0.15) is 12.6 Å². The summed E-state index contributed by atoms with van der Waals surface area (Å²) in [6.45, 7) is 3.09. The van der Waals surface area contributed by atoms with E-state index in [1.807, 2.05) is 24.3 Å². The molecule has 0 aliphatic rings. The Morgan fingerprint density at radius 3 is 2.26 bits per heavy atom. The molecule has 35 heavy (non-hydrogen) atoms. The number of carbonyl (C=O) groups is 2. The van der Waals surface area contributed by atoms with Gasteiger partial charge in [-0.25, -0.2) is 8.42 Å². The van der Waals surface area contributed by atoms with Crippen LogP contribution in [0.1, 0.15) is 18.1 Å². The standard InChI is InChI=1S/C26H28BrN3O4S/c1-19-10-7-8-15-24(19)30(35(33,34)23-13-5-4-6-14-23)18-25(31)29(20(2)26(32)28-3)17-21-11-9-12-22(27)16-21/h4-16,20H,17-18H2,1-3H3,(H,28,32)/t20-/m0/s1. The first-order chi connectivity index (χ1) is 16.6. The molecule has 0 fully saturated rings. The number of para-hydroxylation sites is 1. The lowest BCUT2D eigenvalue weighted by Gasteiger charge is -2.32. The van der Waals surface area contributed by atoms with Crippen LogP contribution in [0.5, 0.6) is 0 Å². The number of halogens is 1. The van der Waals surface area contributed by atoms with Crippen LogP contribution in [-0.2, 0) is 26.2 Å². The van der Waals surface area contributed by atoms with Crippen molar-refractivity contribution < 1.29 is 18.0 Å². The minimum Gasteiger partial charge on any atom is -0.357 e. The first kappa shape index (κ1) is 26.4. The number of carbonyl (C=O) groups excluding carboxylic acids is 2. The Kier molecular flexibility index (Phi) is 8.69. The third kappa shape index (κ3) is 6.29. The van der Waals surface area contributed by atoms with Gasteiger partial charge < -0.3 is 10.2 Å². The molecule has 0 unspecified atom stereocenters. The van der Waals surface area contributed by atoms with Crippen molar-refractivity contribution in [1.82, 2.24) is 10.2 Å². The highest BCUT2D eigenvalue weighted by Crippen LogP contribution is 2.27. The number of nitrogens with zero attached hydrogens (tertiary/aromatic N) is 2. The number of rotatable bonds is 9. The smallest absolute Gasteiger partial charge is 0.264 e. The van der Waals surface area contributed by atoms with Gasteiger partial charge in [0.2, 0.25) is 11.8 Å². The summed E-state index contributed by atoms with van der Waals surface area (Å²) in [5, 5.41) is 2.57. The topological polar surface area (TPSA) is 86.8 Å². The van der Waals surface area contributed by atoms with Crippen LogP contribution in [-0.4, -0.2) is 44.8 Å². The van der Waals surface area contributed by atoms with E-state index in [2.05, 4.69) is 21.2 Å². The molecule has 0 aromatic heterocycles. The van der Waals surface area contributed by atoms with Gasteiger partial charge in [-0.3, -0.25) is 13.9 Å². The molecule has 0 bridgehead atoms. The Balaban J connectivity index is 2.04. The van der Waals surface area contributed by atoms with E-state index in [0.717, 1.165) is 14.3 Å². The van der Waals surface area contributed by atoms with Crippen molar-refractivity contribution in [3.63, 3.8) is 0 Å². The van der Waals surface area contributed by atoms with Crippen molar-refractivity contribution in [1.29, 1.82) is 0 Å². The second-order valence-corrected chi connectivity index (χ2v) is 10.8. The number of nitrogens with one attached hydrogen (secondary N) is 1. The molecule has 3 rings (SSSR count). The van der Waals surface area contributed by atoms with E-state index >= 15 is 0 Å². The molecule has 0 aliphatic carbocycles. The fourth-order valence-electron chi connectivity index (χ4n) is 3.70. The fourth-order valence-corrected chi connectivity index (χ4v) is 5.65. The molecule has 1 N–H and O–H groups in total. The van der Waals surface area contributed by atoms with Gasteiger partial charge in [-0.2, -0.15) is 0 Å². The summed E-state index contributed by atoms with van der Waals surface area (Å²) in [5.74, 6) is -0.842. The van der Waals surface area contributed by atoms with Gasteiger partial charge in [0.05, 0.1) is 10.6 Å². The Morgan fingerprint density at radius 2 is 1.63 bits per heavy atom. The SMILES string of the molecule is CNC(=O)[C@H](C)N(Cc1cccc(Br)c1)C(=O)CN(c1ccccc1C)S(=O)(=O)c1ccccc1. The number of anilines is 1. The third-order valence-electron chi connectivity index (χ3n) is 5.65. The molecule has 3 aromatic rings. The van der Waals surface area contributed by atoms with Crippen LogP contribution >= 0.6 is 15.9 Å². The molecule has 0 spiro atoms. The van der Waals surface area contributed by atoms with E-state index in [0.29, 0.717) is 11.3 Å². The van der Waals surface area contributed by atoms with Crippen molar-refractivity contribution in [3.05, 3.63) is 94.5 Å². The Hall–Kier alpha value is -3.17. The summed E-state index contributed by atoms with van der Waals surface area (Å²) >= 11 is 3.43. The van der Waals surface area contributed by atoms with Gasteiger partial charge in [-0.1, -0.05) is 64.5 Å². The van der Waals surface area contributed by atoms with E-state index in [1.165, 1.54) is 24.1 Å². The summed E-state index contributed by atoms with van der Waals surface area (Å²) in [7, 11) is -2.56. The zero-order valence-corrected chi connectivity index (χ0v) is 22.2. The molecule has 3 aromatic carbocycles. The third-order valence-corrected chi connectivity index (χ3v) is 7.92. The summed E-state index contributed by atoms with van der Waals surface area (Å²) in [4.78, 5) is 27.7. The minimum absolute atomic E-state index is 0.0777. The second kappa shape index (κ2) is 11.5. The lowest BCUT2D eigenvalue weighted by atomic mass is 10.1. The number of amides is 2. The Labute approximate surface area is 214 Å². The maximum Gasteiger partial charge on any atom is 0.264 e. The van der Waals surface area contributed by atoms with Crippen LogP contribution in [0.4, 0.5) is 5.69 Å². The normalized spacial score (nSPS) is 12.0. The van der Waals surface area contributed by atoms with Crippen LogP contribution in [0.2, 0.25) is 0 Å². The summed E-state index contributed by atoms with van der Waals surface area (Å²) < 4.78 is 29.3. The van der Waals surface area contributed by atoms with Crippen LogP contribution in [0.25, 0.3) is 0 Å². The van der Waals surface area contributed by atoms with Crippen LogP contribution in [0.15, 0.2) is 88.2 Å². The maximum atomic E-state index is 13.7. The monoisotopic (exact) mass is 557 g/mol. The predicted molar refractivity (Wildman–Crippen MR) is 140 cm³/mol. The summed E-state index contributed by atoms with van der Waals surface area (Å²) in [6, 6.07) is 21.6. The lowest BCUT2D eigenvalue weighted by molar-refractivity contribution is -0.139. The molecular formula is C26H28BrN3O4S. The molecule has 184 valence electrons. The van der Waals surface area contributed by atoms with Gasteiger partial charge in [-0.05, 0) is 55.3 Å². The first-order valence-corrected chi connectivity index (χ1v) is 13.3. The highest BCUT2D eigenvalue weighted by atomic mass is 79.9. The number of sulfonamides is 1. The van der Waals surface area contributed by atoms with Crippen LogP contribution in [0.3, 0.4) is 0 Å². The number of aryl methyl sites for hydroxylation is 1. The molecule has 0 heterocycles. The Bertz CT molecular complexity index is 1300. The van der Waals surface area contributed by atoms with Crippen molar-refractivity contribution in [2.24, 2.45) is 0 Å². The minimum atomic E-state index is -4.06. The molecule has 9 heteroatoms. The van der Waals surface area contributed by atoms with Crippen molar-refractivity contribution in [2.45, 2.75) is 31.3 Å². The van der Waals surface area contributed by atoms with Crippen LogP contribution in [0, 0.1) is 6.92 Å². The summed E-state index contributed by atoms with van der Waals surface area (Å²) in [5.41, 5.74) is 1.91. The quantitative estimate of drug-likeness (QED) is 0.428. The zero-order valence-electron chi connectivity index (χ0n) is 19.8. The number of benzene rings is 3. The average Bonchev–Trinajstić information content (AvgIpc) is 2.85. The van der Waals surface area contributed by atoms with Crippen molar-refractivity contribution in [2.75, 3.05) is 17.9 Å². The molecule has 2 amide bonds. The van der Waals surface area contributed by atoms with Gasteiger partial charge >= 0.3 is 0 Å². The number of hydrogen-bond acceptors (Lipinski definition) is 4. The van der Waals surface area contributed by atoms with E-state index < -0.39 is 28.5 Å². The number of likely N-dealkylation sites (N-methyl/N-ethyl adjacent to an activating group) is 1. The van der Waals surface area contributed by atoms with E-state index in [9.17, 15) is 18.0 Å². The van der Waals surface area contributed by atoms with Gasteiger partial charge in [0, 0.05) is 18.1 Å². The van der Waals surface area contributed by atoms with Crippen molar-refractivity contribution in [3.8, 4) is 0 Å². The highest BCUT2D eigenvalue weighted by molar-refractivity contribution is 9.10. The van der Waals surface area contributed by atoms with E-state index in [4.69, 9.17) is 0 Å². The molecule has 0 saturated heterocycles. The Morgan fingerprint density at radius 1 is 0.971 bits per heavy atom.